The van der Waals surface area contributed by atoms with Crippen LogP contribution in [0.25, 0.3) is 22.0 Å². The molecule has 0 bridgehead atoms. The molecule has 1 aliphatic rings. The zero-order valence-corrected chi connectivity index (χ0v) is 16.5. The summed E-state index contributed by atoms with van der Waals surface area (Å²) in [6.07, 6.45) is 4.69. The molecule has 2 heterocycles. The van der Waals surface area contributed by atoms with Crippen molar-refractivity contribution in [3.8, 4) is 11.1 Å². The van der Waals surface area contributed by atoms with Crippen LogP contribution in [0.4, 0.5) is 0 Å². The summed E-state index contributed by atoms with van der Waals surface area (Å²) < 4.78 is 8.79. The Hall–Kier alpha value is -2.58. The summed E-state index contributed by atoms with van der Waals surface area (Å²) in [6.45, 7) is 3.72. The number of aromatic nitrogens is 2. The normalized spacial score (nSPS) is 14.8. The van der Waals surface area contributed by atoms with Crippen LogP contribution in [0, 0.1) is 13.8 Å². The topological polar surface area (TPSA) is 108 Å². The van der Waals surface area contributed by atoms with Gasteiger partial charge in [-0.1, -0.05) is 18.0 Å². The molecule has 1 saturated carbocycles. The molecule has 4 rings (SSSR count). The van der Waals surface area contributed by atoms with Crippen LogP contribution in [0.3, 0.4) is 0 Å². The van der Waals surface area contributed by atoms with E-state index in [1.165, 1.54) is 30.9 Å². The van der Waals surface area contributed by atoms with E-state index < -0.39 is 11.5 Å². The van der Waals surface area contributed by atoms with Crippen LogP contribution in [0.1, 0.15) is 47.5 Å². The quantitative estimate of drug-likeness (QED) is 0.556. The van der Waals surface area contributed by atoms with E-state index in [1.807, 2.05) is 26.0 Å². The predicted molar refractivity (Wildman–Crippen MR) is 108 cm³/mol. The molecule has 0 atom stereocenters. The fourth-order valence-electron chi connectivity index (χ4n) is 3.75. The third-order valence-corrected chi connectivity index (χ3v) is 6.18. The van der Waals surface area contributed by atoms with Gasteiger partial charge in [-0.2, -0.15) is 0 Å². The van der Waals surface area contributed by atoms with Crippen molar-refractivity contribution in [2.45, 2.75) is 50.5 Å². The SMILES string of the molecule is Cc1noc(C)c1-c1cc(SNC2CCCC2)c2cc(C(=O)O)c(=O)[nH]c2c1. The third kappa shape index (κ3) is 3.45. The van der Waals surface area contributed by atoms with Gasteiger partial charge in [-0.05, 0) is 62.4 Å². The maximum atomic E-state index is 12.2. The first-order chi connectivity index (χ1) is 13.4. The number of aromatic amines is 1. The lowest BCUT2D eigenvalue weighted by Gasteiger charge is -2.14. The van der Waals surface area contributed by atoms with Gasteiger partial charge in [-0.25, -0.2) is 4.79 Å². The fraction of sp³-hybridized carbons (Fsp3) is 0.350. The first kappa shape index (κ1) is 18.8. The molecule has 1 aromatic carbocycles. The number of carboxylic acid groups (broad SMARTS) is 1. The monoisotopic (exact) mass is 399 g/mol. The van der Waals surface area contributed by atoms with Gasteiger partial charge in [0, 0.05) is 21.9 Å². The van der Waals surface area contributed by atoms with Crippen LogP contribution in [0.2, 0.25) is 0 Å². The first-order valence-corrected chi connectivity index (χ1v) is 10.1. The van der Waals surface area contributed by atoms with E-state index in [0.29, 0.717) is 22.7 Å². The molecule has 7 nitrogen and oxygen atoms in total. The van der Waals surface area contributed by atoms with Crippen LogP contribution in [-0.2, 0) is 0 Å². The molecule has 8 heteroatoms. The van der Waals surface area contributed by atoms with Gasteiger partial charge in [-0.15, -0.1) is 0 Å². The number of carboxylic acids is 1. The number of pyridine rings is 1. The number of nitrogens with zero attached hydrogens (tertiary/aromatic N) is 1. The Bertz CT molecular complexity index is 1090. The van der Waals surface area contributed by atoms with Crippen molar-refractivity contribution in [3.05, 3.63) is 45.6 Å². The van der Waals surface area contributed by atoms with Gasteiger partial charge in [0.05, 0.1) is 11.2 Å². The Morgan fingerprint density at radius 2 is 2.04 bits per heavy atom. The van der Waals surface area contributed by atoms with Crippen LogP contribution < -0.4 is 10.3 Å². The lowest BCUT2D eigenvalue weighted by Crippen LogP contribution is -2.19. The van der Waals surface area contributed by atoms with Gasteiger partial charge in [0.25, 0.3) is 5.56 Å². The summed E-state index contributed by atoms with van der Waals surface area (Å²) >= 11 is 1.48. The lowest BCUT2D eigenvalue weighted by molar-refractivity contribution is 0.0695. The van der Waals surface area contributed by atoms with Gasteiger partial charge >= 0.3 is 5.97 Å². The van der Waals surface area contributed by atoms with Crippen molar-refractivity contribution < 1.29 is 14.4 Å². The Labute approximate surface area is 165 Å². The molecule has 1 aliphatic carbocycles. The number of hydrogen-bond donors (Lipinski definition) is 3. The Morgan fingerprint density at radius 3 is 2.68 bits per heavy atom. The highest BCUT2D eigenvalue weighted by atomic mass is 32.2. The summed E-state index contributed by atoms with van der Waals surface area (Å²) in [6, 6.07) is 5.72. The highest BCUT2D eigenvalue weighted by molar-refractivity contribution is 7.97. The van der Waals surface area contributed by atoms with Crippen molar-refractivity contribution in [2.75, 3.05) is 0 Å². The smallest absolute Gasteiger partial charge is 0.341 e. The van der Waals surface area contributed by atoms with E-state index in [-0.39, 0.29) is 5.56 Å². The zero-order chi connectivity index (χ0) is 19.8. The van der Waals surface area contributed by atoms with Crippen molar-refractivity contribution in [1.82, 2.24) is 14.9 Å². The number of aromatic carboxylic acids is 1. The van der Waals surface area contributed by atoms with Crippen molar-refractivity contribution >= 4 is 28.8 Å². The second kappa shape index (κ2) is 7.44. The van der Waals surface area contributed by atoms with Crippen molar-refractivity contribution in [3.63, 3.8) is 0 Å². The van der Waals surface area contributed by atoms with Gasteiger partial charge in [0.15, 0.2) is 0 Å². The molecule has 3 aromatic rings. The van der Waals surface area contributed by atoms with Gasteiger partial charge in [-0.3, -0.25) is 9.52 Å². The van der Waals surface area contributed by atoms with Crippen LogP contribution in [-0.4, -0.2) is 27.3 Å². The Kier molecular flexibility index (Phi) is 4.99. The van der Waals surface area contributed by atoms with Crippen LogP contribution >= 0.6 is 11.9 Å². The van der Waals surface area contributed by atoms with E-state index >= 15 is 0 Å². The Balaban J connectivity index is 1.86. The summed E-state index contributed by atoms with van der Waals surface area (Å²) in [7, 11) is 0. The fourth-order valence-corrected chi connectivity index (χ4v) is 4.75. The molecule has 0 amide bonds. The minimum atomic E-state index is -1.24. The largest absolute Gasteiger partial charge is 0.477 e. The standard InChI is InChI=1S/C20H21N3O4S/c1-10-18(11(2)27-22-10)12-7-16-14(9-15(20(25)26)19(24)21-16)17(8-12)28-23-13-5-3-4-6-13/h7-9,13,23H,3-6H2,1-2H3,(H,21,24)(H,25,26). The molecule has 28 heavy (non-hydrogen) atoms. The molecular weight excluding hydrogens is 378 g/mol. The highest BCUT2D eigenvalue weighted by Gasteiger charge is 2.19. The van der Waals surface area contributed by atoms with Gasteiger partial charge in [0.1, 0.15) is 11.3 Å². The molecule has 2 aromatic heterocycles. The van der Waals surface area contributed by atoms with E-state index in [1.54, 1.807) is 0 Å². The molecular formula is C20H21N3O4S. The number of fused-ring (bicyclic) bond motifs is 1. The average Bonchev–Trinajstić information content (AvgIpc) is 3.28. The average molecular weight is 399 g/mol. The zero-order valence-electron chi connectivity index (χ0n) is 15.7. The molecule has 3 N–H and O–H groups in total. The summed E-state index contributed by atoms with van der Waals surface area (Å²) in [5.74, 6) is -0.543. The number of rotatable bonds is 5. The molecule has 1 fully saturated rings. The van der Waals surface area contributed by atoms with Crippen LogP contribution in [0.5, 0.6) is 0 Å². The number of hydrogen-bond acceptors (Lipinski definition) is 6. The Morgan fingerprint density at radius 1 is 1.29 bits per heavy atom. The highest BCUT2D eigenvalue weighted by Crippen LogP contribution is 2.35. The van der Waals surface area contributed by atoms with Gasteiger partial charge in [0.2, 0.25) is 0 Å². The van der Waals surface area contributed by atoms with E-state index in [9.17, 15) is 14.7 Å². The molecule has 0 spiro atoms. The summed E-state index contributed by atoms with van der Waals surface area (Å²) in [5.41, 5.74) is 2.23. The van der Waals surface area contributed by atoms with Gasteiger partial charge < -0.3 is 14.6 Å². The molecule has 0 radical (unpaired) electrons. The molecule has 0 unspecified atom stereocenters. The predicted octanol–water partition coefficient (Wildman–Crippen LogP) is 4.04. The summed E-state index contributed by atoms with van der Waals surface area (Å²) in [4.78, 5) is 27.2. The lowest BCUT2D eigenvalue weighted by atomic mass is 10.0. The van der Waals surface area contributed by atoms with E-state index in [2.05, 4.69) is 14.9 Å². The maximum Gasteiger partial charge on any atom is 0.341 e. The summed E-state index contributed by atoms with van der Waals surface area (Å²) in [5, 5.41) is 14.0. The second-order valence-electron chi connectivity index (χ2n) is 7.15. The van der Waals surface area contributed by atoms with Crippen molar-refractivity contribution in [2.24, 2.45) is 0 Å². The molecule has 0 aliphatic heterocycles. The number of carbonyl (C=O) groups is 1. The van der Waals surface area contributed by atoms with Crippen LogP contribution in [0.15, 0.2) is 32.4 Å². The number of H-pyrrole nitrogens is 1. The van der Waals surface area contributed by atoms with E-state index in [4.69, 9.17) is 4.52 Å². The first-order valence-electron chi connectivity index (χ1n) is 9.24. The number of nitrogens with one attached hydrogen (secondary N) is 2. The number of aryl methyl sites for hydroxylation is 2. The maximum absolute atomic E-state index is 12.2. The third-order valence-electron chi connectivity index (χ3n) is 5.17. The van der Waals surface area contributed by atoms with E-state index in [0.717, 1.165) is 34.6 Å². The minimum Gasteiger partial charge on any atom is -0.477 e. The minimum absolute atomic E-state index is 0.264. The second-order valence-corrected chi connectivity index (χ2v) is 8.03. The number of benzene rings is 1. The van der Waals surface area contributed by atoms with Crippen molar-refractivity contribution in [1.29, 1.82) is 0 Å². The molecule has 146 valence electrons. The molecule has 0 saturated heterocycles.